The fourth-order valence-corrected chi connectivity index (χ4v) is 7.24. The summed E-state index contributed by atoms with van der Waals surface area (Å²) in [7, 11) is 1.63. The molecule has 3 heterocycles. The molecule has 0 aliphatic carbocycles. The molecule has 3 aromatic carbocycles. The highest BCUT2D eigenvalue weighted by molar-refractivity contribution is 7.16. The second-order valence-corrected chi connectivity index (χ2v) is 12.8. The summed E-state index contributed by atoms with van der Waals surface area (Å²) < 4.78 is 13.8. The van der Waals surface area contributed by atoms with Crippen LogP contribution in [-0.4, -0.2) is 33.8 Å². The van der Waals surface area contributed by atoms with Gasteiger partial charge in [-0.25, -0.2) is 0 Å². The van der Waals surface area contributed by atoms with E-state index in [0.717, 1.165) is 46.6 Å². The summed E-state index contributed by atoms with van der Waals surface area (Å²) in [4.78, 5) is 34.8. The van der Waals surface area contributed by atoms with E-state index in [4.69, 9.17) is 20.2 Å². The topological polar surface area (TPSA) is 124 Å². The maximum absolute atomic E-state index is 13.6. The van der Waals surface area contributed by atoms with E-state index < -0.39 is 17.3 Å². The van der Waals surface area contributed by atoms with E-state index >= 15 is 0 Å². The van der Waals surface area contributed by atoms with E-state index in [2.05, 4.69) is 24.1 Å². The predicted molar refractivity (Wildman–Crippen MR) is 179 cm³/mol. The van der Waals surface area contributed by atoms with Gasteiger partial charge in [0.2, 0.25) is 5.95 Å². The number of thiazole rings is 1. The van der Waals surface area contributed by atoms with Crippen molar-refractivity contribution in [3.8, 4) is 5.75 Å². The van der Waals surface area contributed by atoms with Gasteiger partial charge in [-0.1, -0.05) is 104 Å². The van der Waals surface area contributed by atoms with Crippen molar-refractivity contribution in [2.45, 2.75) is 57.5 Å². The number of nitrogens with two attached hydrogens (primary N) is 1. The van der Waals surface area contributed by atoms with Crippen LogP contribution in [0.25, 0.3) is 10.3 Å². The summed E-state index contributed by atoms with van der Waals surface area (Å²) in [5, 5.41) is 3.63. The van der Waals surface area contributed by atoms with Gasteiger partial charge in [0.1, 0.15) is 22.2 Å². The first kappa shape index (κ1) is 30.8. The molecule has 1 fully saturated rings. The Balaban J connectivity index is 1.55. The van der Waals surface area contributed by atoms with Crippen molar-refractivity contribution in [3.63, 3.8) is 0 Å². The summed E-state index contributed by atoms with van der Waals surface area (Å²) in [6, 6.07) is 27.6. The molecule has 0 amide bonds. The Kier molecular flexibility index (Phi) is 8.63. The van der Waals surface area contributed by atoms with Crippen molar-refractivity contribution in [2.75, 3.05) is 12.4 Å². The molecule has 1 aliphatic rings. The van der Waals surface area contributed by atoms with Crippen LogP contribution < -0.4 is 26.2 Å². The normalized spacial score (nSPS) is 19.8. The number of nitrogens with one attached hydrogen (secondary N) is 2. The van der Waals surface area contributed by atoms with Crippen LogP contribution in [0.4, 0.5) is 5.95 Å². The number of nitrogens with zero attached hydrogens (tertiary/aromatic N) is 2. The van der Waals surface area contributed by atoms with Gasteiger partial charge < -0.3 is 20.5 Å². The van der Waals surface area contributed by atoms with E-state index in [1.54, 1.807) is 7.11 Å². The van der Waals surface area contributed by atoms with E-state index in [1.807, 2.05) is 91.9 Å². The molecule has 0 spiro atoms. The Labute approximate surface area is 266 Å². The maximum Gasteiger partial charge on any atom is 0.311 e. The molecular formula is C35H39N5O4S. The molecule has 1 saturated heterocycles. The van der Waals surface area contributed by atoms with E-state index in [9.17, 15) is 9.59 Å². The number of H-pyrrole nitrogens is 1. The zero-order chi connectivity index (χ0) is 31.7. The van der Waals surface area contributed by atoms with Crippen LogP contribution >= 0.6 is 11.3 Å². The molecule has 0 bridgehead atoms. The standard InChI is InChI=1S/C35H39N5O4S/c1-5-21(2)28-20-27(22(3)36)32(44-28)40-30-29(45-34(40)42)31(41)38-33(37-30)39-35(23-12-8-6-9-13-23,24-14-10-7-11-15-24)25-16-18-26(43-4)19-17-25/h6-19,21-22,27-28,32H,5,20,36H2,1-4H3,(H2,37,38,39,41)/t21-,22-,27-,28-,32+/m0/s1. The highest BCUT2D eigenvalue weighted by Crippen LogP contribution is 2.42. The number of rotatable bonds is 10. The average molecular weight is 626 g/mol. The lowest BCUT2D eigenvalue weighted by Gasteiger charge is -2.37. The Bertz CT molecular complexity index is 1830. The summed E-state index contributed by atoms with van der Waals surface area (Å²) in [6.45, 7) is 6.22. The molecule has 10 heteroatoms. The molecule has 5 atom stereocenters. The van der Waals surface area contributed by atoms with Crippen molar-refractivity contribution in [3.05, 3.63) is 122 Å². The van der Waals surface area contributed by atoms with Crippen LogP contribution in [0.2, 0.25) is 0 Å². The lowest BCUT2D eigenvalue weighted by molar-refractivity contribution is -0.0344. The van der Waals surface area contributed by atoms with Crippen LogP contribution in [0, 0.1) is 11.8 Å². The SMILES string of the molecule is CC[C@H](C)[C@@H]1C[C@@H]([C@H](C)N)[C@H](n2c(=O)sc3c(=O)[nH]c(NC(c4ccccc4)(c4ccccc4)c4ccc(OC)cc4)nc32)O1. The first-order valence-electron chi connectivity index (χ1n) is 15.4. The molecule has 45 heavy (non-hydrogen) atoms. The fourth-order valence-electron chi connectivity index (χ4n) is 6.40. The third kappa shape index (κ3) is 5.58. The number of hydrogen-bond acceptors (Lipinski definition) is 8. The second kappa shape index (κ2) is 12.6. The van der Waals surface area contributed by atoms with Gasteiger partial charge in [0.25, 0.3) is 5.56 Å². The smallest absolute Gasteiger partial charge is 0.311 e. The highest BCUT2D eigenvalue weighted by Gasteiger charge is 2.42. The Morgan fingerprint density at radius 2 is 1.62 bits per heavy atom. The first-order chi connectivity index (χ1) is 21.8. The number of benzene rings is 3. The molecule has 9 nitrogen and oxygen atoms in total. The molecule has 5 aromatic rings. The minimum atomic E-state index is -0.973. The first-order valence-corrected chi connectivity index (χ1v) is 16.2. The van der Waals surface area contributed by atoms with Gasteiger partial charge in [0.15, 0.2) is 5.65 Å². The highest BCUT2D eigenvalue weighted by atomic mass is 32.1. The maximum atomic E-state index is 13.6. The van der Waals surface area contributed by atoms with Crippen molar-refractivity contribution < 1.29 is 9.47 Å². The number of methoxy groups -OCH3 is 1. The zero-order valence-electron chi connectivity index (χ0n) is 25.9. The third-order valence-corrected chi connectivity index (χ3v) is 10.1. The van der Waals surface area contributed by atoms with Gasteiger partial charge >= 0.3 is 4.87 Å². The Hall–Kier alpha value is -4.25. The monoisotopic (exact) mass is 625 g/mol. The minimum absolute atomic E-state index is 0.0451. The van der Waals surface area contributed by atoms with Crippen molar-refractivity contribution in [1.82, 2.24) is 14.5 Å². The quantitative estimate of drug-likeness (QED) is 0.166. The molecule has 1 aliphatic heterocycles. The molecule has 6 rings (SSSR count). The van der Waals surface area contributed by atoms with Gasteiger partial charge in [-0.2, -0.15) is 4.98 Å². The molecule has 2 aromatic heterocycles. The molecule has 0 saturated carbocycles. The number of anilines is 1. The molecule has 4 N–H and O–H groups in total. The predicted octanol–water partition coefficient (Wildman–Crippen LogP) is 5.86. The number of fused-ring (bicyclic) bond motifs is 1. The summed E-state index contributed by atoms with van der Waals surface area (Å²) >= 11 is 0.880. The van der Waals surface area contributed by atoms with Crippen molar-refractivity contribution in [1.29, 1.82) is 0 Å². The second-order valence-electron chi connectivity index (χ2n) is 11.9. The number of hydrogen-bond donors (Lipinski definition) is 3. The number of aromatic nitrogens is 3. The van der Waals surface area contributed by atoms with Gasteiger partial charge in [-0.3, -0.25) is 19.1 Å². The number of aromatic amines is 1. The van der Waals surface area contributed by atoms with Crippen LogP contribution in [0.3, 0.4) is 0 Å². The van der Waals surface area contributed by atoms with E-state index in [0.29, 0.717) is 5.92 Å². The fraction of sp³-hybridized carbons (Fsp3) is 0.343. The zero-order valence-corrected chi connectivity index (χ0v) is 26.7. The van der Waals surface area contributed by atoms with E-state index in [1.165, 1.54) is 4.57 Å². The minimum Gasteiger partial charge on any atom is -0.497 e. The molecular weight excluding hydrogens is 586 g/mol. The van der Waals surface area contributed by atoms with Crippen LogP contribution in [0.1, 0.15) is 56.5 Å². The Morgan fingerprint density at radius 3 is 2.18 bits per heavy atom. The summed E-state index contributed by atoms with van der Waals surface area (Å²) in [6.07, 6.45) is 1.01. The van der Waals surface area contributed by atoms with E-state index in [-0.39, 0.29) is 39.2 Å². The van der Waals surface area contributed by atoms with Gasteiger partial charge in [0.05, 0.1) is 13.2 Å². The van der Waals surface area contributed by atoms with Crippen molar-refractivity contribution in [2.24, 2.45) is 17.6 Å². The largest absolute Gasteiger partial charge is 0.497 e. The Morgan fingerprint density at radius 1 is 1.02 bits per heavy atom. The average Bonchev–Trinajstić information content (AvgIpc) is 3.65. The lowest BCUT2D eigenvalue weighted by atomic mass is 9.77. The van der Waals surface area contributed by atoms with Crippen LogP contribution in [0.5, 0.6) is 5.75 Å². The lowest BCUT2D eigenvalue weighted by Crippen LogP contribution is -2.39. The third-order valence-electron chi connectivity index (χ3n) is 9.11. The molecule has 234 valence electrons. The van der Waals surface area contributed by atoms with Gasteiger partial charge in [-0.05, 0) is 48.1 Å². The molecule has 0 unspecified atom stereocenters. The van der Waals surface area contributed by atoms with Crippen LogP contribution in [0.15, 0.2) is 94.5 Å². The van der Waals surface area contributed by atoms with Gasteiger partial charge in [-0.15, -0.1) is 0 Å². The summed E-state index contributed by atoms with van der Waals surface area (Å²) in [5.41, 5.74) is 8.11. The summed E-state index contributed by atoms with van der Waals surface area (Å²) in [5.74, 6) is 1.13. The van der Waals surface area contributed by atoms with Crippen LogP contribution in [-0.2, 0) is 10.3 Å². The van der Waals surface area contributed by atoms with Gasteiger partial charge in [0, 0.05) is 12.0 Å². The number of ether oxygens (including phenoxy) is 2. The van der Waals surface area contributed by atoms with Crippen molar-refractivity contribution >= 4 is 27.6 Å². The molecule has 0 radical (unpaired) electrons.